The van der Waals surface area contributed by atoms with Crippen LogP contribution in [-0.4, -0.2) is 14.5 Å². The maximum Gasteiger partial charge on any atom is 0.434 e. The van der Waals surface area contributed by atoms with Crippen LogP contribution in [0.2, 0.25) is 0 Å². The van der Waals surface area contributed by atoms with E-state index in [1.54, 1.807) is 14.0 Å². The molecule has 5 nitrogen and oxygen atoms in total. The third-order valence-corrected chi connectivity index (χ3v) is 1.93. The first-order valence-electron chi connectivity index (χ1n) is 3.30. The predicted octanol–water partition coefficient (Wildman–Crippen LogP) is 1.38. The van der Waals surface area contributed by atoms with Gasteiger partial charge in [0.05, 0.1) is 12.9 Å². The second-order valence-corrected chi connectivity index (χ2v) is 2.66. The van der Waals surface area contributed by atoms with Crippen molar-refractivity contribution in [1.29, 1.82) is 0 Å². The average molecular weight is 190 g/mol. The number of nitro groups is 1. The highest BCUT2D eigenvalue weighted by atomic mass is 35.5. The van der Waals surface area contributed by atoms with E-state index in [1.165, 1.54) is 4.57 Å². The topological polar surface area (TPSA) is 61.0 Å². The summed E-state index contributed by atoms with van der Waals surface area (Å²) in [5, 5.41) is 10.4. The van der Waals surface area contributed by atoms with Gasteiger partial charge in [-0.05, 0) is 11.8 Å². The van der Waals surface area contributed by atoms with Crippen molar-refractivity contribution in [2.75, 3.05) is 0 Å². The lowest BCUT2D eigenvalue weighted by atomic mass is 10.4. The van der Waals surface area contributed by atoms with Crippen LogP contribution in [0.3, 0.4) is 0 Å². The number of aryl methyl sites for hydroxylation is 1. The van der Waals surface area contributed by atoms with E-state index in [0.717, 1.165) is 0 Å². The van der Waals surface area contributed by atoms with Crippen molar-refractivity contribution in [3.8, 4) is 0 Å². The van der Waals surface area contributed by atoms with Gasteiger partial charge >= 0.3 is 5.95 Å². The van der Waals surface area contributed by atoms with Crippen LogP contribution in [0, 0.1) is 17.0 Å². The molecule has 1 heterocycles. The first-order valence-corrected chi connectivity index (χ1v) is 3.84. The minimum atomic E-state index is -0.525. The lowest BCUT2D eigenvalue weighted by Crippen LogP contribution is -2.00. The number of nitrogens with zero attached hydrogens (tertiary/aromatic N) is 3. The van der Waals surface area contributed by atoms with Crippen molar-refractivity contribution in [3.63, 3.8) is 0 Å². The first kappa shape index (κ1) is 8.99. The number of hydrogen-bond acceptors (Lipinski definition) is 3. The molecule has 0 saturated carbocycles. The Morgan fingerprint density at radius 1 is 1.75 bits per heavy atom. The fourth-order valence-corrected chi connectivity index (χ4v) is 1.38. The summed E-state index contributed by atoms with van der Waals surface area (Å²) in [6.45, 7) is 1.70. The fraction of sp³-hybridized carbons (Fsp3) is 0.500. The van der Waals surface area contributed by atoms with E-state index in [4.69, 9.17) is 11.6 Å². The van der Waals surface area contributed by atoms with E-state index in [-0.39, 0.29) is 11.8 Å². The van der Waals surface area contributed by atoms with Gasteiger partial charge < -0.3 is 10.1 Å². The Morgan fingerprint density at radius 3 is 2.58 bits per heavy atom. The fourth-order valence-electron chi connectivity index (χ4n) is 1.00. The van der Waals surface area contributed by atoms with Crippen molar-refractivity contribution in [2.45, 2.75) is 12.8 Å². The summed E-state index contributed by atoms with van der Waals surface area (Å²) in [5.74, 6) is 0.0755. The summed E-state index contributed by atoms with van der Waals surface area (Å²) < 4.78 is 1.39. The van der Waals surface area contributed by atoms with Gasteiger partial charge in [0.1, 0.15) is 5.69 Å². The van der Waals surface area contributed by atoms with E-state index in [9.17, 15) is 10.1 Å². The summed E-state index contributed by atoms with van der Waals surface area (Å²) in [4.78, 5) is 13.6. The zero-order valence-electron chi connectivity index (χ0n) is 6.74. The summed E-state index contributed by atoms with van der Waals surface area (Å²) in [7, 11) is 1.58. The van der Waals surface area contributed by atoms with Gasteiger partial charge in [-0.25, -0.2) is 4.57 Å². The van der Waals surface area contributed by atoms with Crippen LogP contribution in [0.5, 0.6) is 0 Å². The predicted molar refractivity (Wildman–Crippen MR) is 44.2 cm³/mol. The molecule has 0 aromatic carbocycles. The minimum absolute atomic E-state index is 0.164. The molecule has 0 bridgehead atoms. The maximum absolute atomic E-state index is 10.4. The number of halogens is 1. The SMILES string of the molecule is Cc1nc([N+](=O)[O-])n(C)c1CCl. The number of imidazole rings is 1. The molecule has 0 radical (unpaired) electrons. The lowest BCUT2D eigenvalue weighted by molar-refractivity contribution is -0.396. The third-order valence-electron chi connectivity index (χ3n) is 1.68. The standard InChI is InChI=1S/C6H8ClN3O2/c1-4-5(3-7)9(2)6(8-4)10(11)12/h3H2,1-2H3. The highest BCUT2D eigenvalue weighted by molar-refractivity contribution is 6.17. The largest absolute Gasteiger partial charge is 0.434 e. The molecule has 0 spiro atoms. The molecule has 0 N–H and O–H groups in total. The van der Waals surface area contributed by atoms with Crippen molar-refractivity contribution >= 4 is 17.5 Å². The van der Waals surface area contributed by atoms with Gasteiger partial charge in [0.25, 0.3) is 0 Å². The first-order chi connectivity index (χ1) is 5.57. The molecule has 1 rings (SSSR count). The molecule has 0 aliphatic rings. The summed E-state index contributed by atoms with van der Waals surface area (Å²) >= 11 is 5.57. The van der Waals surface area contributed by atoms with Crippen molar-refractivity contribution in [1.82, 2.24) is 9.55 Å². The van der Waals surface area contributed by atoms with Crippen LogP contribution < -0.4 is 0 Å². The van der Waals surface area contributed by atoms with E-state index in [2.05, 4.69) is 4.98 Å². The molecule has 0 unspecified atom stereocenters. The second kappa shape index (κ2) is 3.10. The Hall–Kier alpha value is -1.10. The molecule has 0 fully saturated rings. The van der Waals surface area contributed by atoms with Gasteiger partial charge in [-0.1, -0.05) is 4.98 Å². The summed E-state index contributed by atoms with van der Waals surface area (Å²) in [6, 6.07) is 0. The van der Waals surface area contributed by atoms with Crippen LogP contribution in [0.4, 0.5) is 5.95 Å². The Morgan fingerprint density at radius 2 is 2.33 bits per heavy atom. The highest BCUT2D eigenvalue weighted by Crippen LogP contribution is 2.16. The molecular formula is C6H8ClN3O2. The molecule has 0 aliphatic heterocycles. The zero-order valence-corrected chi connectivity index (χ0v) is 7.50. The maximum atomic E-state index is 10.4. The van der Waals surface area contributed by atoms with E-state index in [1.807, 2.05) is 0 Å². The van der Waals surface area contributed by atoms with Crippen LogP contribution in [0.15, 0.2) is 0 Å². The smallest absolute Gasteiger partial charge is 0.390 e. The van der Waals surface area contributed by atoms with E-state index >= 15 is 0 Å². The number of hydrogen-bond donors (Lipinski definition) is 0. The summed E-state index contributed by atoms with van der Waals surface area (Å²) in [5.41, 5.74) is 1.29. The minimum Gasteiger partial charge on any atom is -0.390 e. The third kappa shape index (κ3) is 1.27. The van der Waals surface area contributed by atoms with Crippen LogP contribution >= 0.6 is 11.6 Å². The second-order valence-electron chi connectivity index (χ2n) is 2.39. The Balaban J connectivity index is 3.26. The molecule has 0 amide bonds. The normalized spacial score (nSPS) is 10.2. The van der Waals surface area contributed by atoms with E-state index < -0.39 is 4.92 Å². The zero-order chi connectivity index (χ0) is 9.30. The number of rotatable bonds is 2. The van der Waals surface area contributed by atoms with Gasteiger partial charge in [-0.2, -0.15) is 0 Å². The molecule has 0 saturated heterocycles. The molecule has 12 heavy (non-hydrogen) atoms. The van der Waals surface area contributed by atoms with Gasteiger partial charge in [0, 0.05) is 0 Å². The molecule has 1 aromatic rings. The van der Waals surface area contributed by atoms with Crippen molar-refractivity contribution < 1.29 is 4.92 Å². The molecule has 6 heteroatoms. The quantitative estimate of drug-likeness (QED) is 0.401. The summed E-state index contributed by atoms with van der Waals surface area (Å²) in [6.07, 6.45) is 0. The van der Waals surface area contributed by atoms with Crippen LogP contribution in [0.25, 0.3) is 0 Å². The average Bonchev–Trinajstić information content (AvgIpc) is 2.27. The number of alkyl halides is 1. The van der Waals surface area contributed by atoms with Crippen molar-refractivity contribution in [3.05, 3.63) is 21.5 Å². The lowest BCUT2D eigenvalue weighted by Gasteiger charge is -1.95. The highest BCUT2D eigenvalue weighted by Gasteiger charge is 2.20. The van der Waals surface area contributed by atoms with Gasteiger partial charge in [-0.15, -0.1) is 11.6 Å². The van der Waals surface area contributed by atoms with Crippen molar-refractivity contribution in [2.24, 2.45) is 7.05 Å². The van der Waals surface area contributed by atoms with Gasteiger partial charge in [0.2, 0.25) is 0 Å². The molecule has 0 aliphatic carbocycles. The molecule has 66 valence electrons. The Bertz CT molecular complexity index is 321. The molecule has 0 atom stereocenters. The Kier molecular flexibility index (Phi) is 2.32. The van der Waals surface area contributed by atoms with E-state index in [0.29, 0.717) is 11.4 Å². The van der Waals surface area contributed by atoms with Gasteiger partial charge in [-0.3, -0.25) is 0 Å². The van der Waals surface area contributed by atoms with Gasteiger partial charge in [0.15, 0.2) is 5.69 Å². The van der Waals surface area contributed by atoms with Crippen LogP contribution in [0.1, 0.15) is 11.4 Å². The molecular weight excluding hydrogens is 182 g/mol. The van der Waals surface area contributed by atoms with Crippen LogP contribution in [-0.2, 0) is 12.9 Å². The number of aromatic nitrogens is 2. The molecule has 1 aromatic heterocycles. The monoisotopic (exact) mass is 189 g/mol. The Labute approximate surface area is 74.1 Å².